The van der Waals surface area contributed by atoms with Crippen LogP contribution >= 0.6 is 0 Å². The molecule has 21 heavy (non-hydrogen) atoms. The number of unbranched alkanes of at least 4 members (excludes halogenated alkanes) is 3. The first-order valence-corrected chi connectivity index (χ1v) is 7.84. The van der Waals surface area contributed by atoms with E-state index in [1.54, 1.807) is 12.1 Å². The molecule has 0 radical (unpaired) electrons. The van der Waals surface area contributed by atoms with Crippen LogP contribution in [0.2, 0.25) is 0 Å². The SMILES string of the molecule is CCCCC(=O)NCCCCCNC(=O)c1ccccc1. The van der Waals surface area contributed by atoms with Crippen LogP contribution in [0.4, 0.5) is 0 Å². The molecule has 0 aliphatic carbocycles. The molecule has 4 heteroatoms. The minimum Gasteiger partial charge on any atom is -0.356 e. The van der Waals surface area contributed by atoms with E-state index in [1.807, 2.05) is 18.2 Å². The molecule has 0 saturated heterocycles. The van der Waals surface area contributed by atoms with Gasteiger partial charge in [0.25, 0.3) is 5.91 Å². The maximum Gasteiger partial charge on any atom is 0.251 e. The predicted molar refractivity (Wildman–Crippen MR) is 85.2 cm³/mol. The van der Waals surface area contributed by atoms with Gasteiger partial charge in [-0.2, -0.15) is 0 Å². The molecule has 116 valence electrons. The third-order valence-corrected chi connectivity index (χ3v) is 3.25. The molecule has 0 aromatic heterocycles. The monoisotopic (exact) mass is 290 g/mol. The van der Waals surface area contributed by atoms with Crippen molar-refractivity contribution in [2.45, 2.75) is 45.4 Å². The van der Waals surface area contributed by atoms with Crippen LogP contribution in [0.1, 0.15) is 55.8 Å². The molecule has 0 aliphatic rings. The van der Waals surface area contributed by atoms with Gasteiger partial charge in [-0.3, -0.25) is 9.59 Å². The Labute approximate surface area is 127 Å². The van der Waals surface area contributed by atoms with Gasteiger partial charge in [-0.15, -0.1) is 0 Å². The van der Waals surface area contributed by atoms with Gasteiger partial charge in [-0.1, -0.05) is 31.5 Å². The van der Waals surface area contributed by atoms with Crippen LogP contribution in [0, 0.1) is 0 Å². The van der Waals surface area contributed by atoms with Crippen molar-refractivity contribution in [2.75, 3.05) is 13.1 Å². The molecule has 0 fully saturated rings. The smallest absolute Gasteiger partial charge is 0.251 e. The number of carbonyl (C=O) groups excluding carboxylic acids is 2. The summed E-state index contributed by atoms with van der Waals surface area (Å²) in [5.74, 6) is 0.123. The minimum absolute atomic E-state index is 0.0246. The van der Waals surface area contributed by atoms with Crippen LogP contribution in [0.15, 0.2) is 30.3 Å². The molecule has 1 aromatic rings. The van der Waals surface area contributed by atoms with Crippen molar-refractivity contribution < 1.29 is 9.59 Å². The largest absolute Gasteiger partial charge is 0.356 e. The quantitative estimate of drug-likeness (QED) is 0.651. The van der Waals surface area contributed by atoms with Gasteiger partial charge in [0.15, 0.2) is 0 Å². The van der Waals surface area contributed by atoms with Crippen molar-refractivity contribution >= 4 is 11.8 Å². The summed E-state index contributed by atoms with van der Waals surface area (Å²) in [6.45, 7) is 3.49. The average molecular weight is 290 g/mol. The van der Waals surface area contributed by atoms with E-state index in [-0.39, 0.29) is 11.8 Å². The molecular formula is C17H26N2O2. The van der Waals surface area contributed by atoms with E-state index in [2.05, 4.69) is 17.6 Å². The highest BCUT2D eigenvalue weighted by atomic mass is 16.2. The lowest BCUT2D eigenvalue weighted by Crippen LogP contribution is -2.25. The van der Waals surface area contributed by atoms with Gasteiger partial charge >= 0.3 is 0 Å². The third-order valence-electron chi connectivity index (χ3n) is 3.25. The molecule has 1 aromatic carbocycles. The molecule has 2 amide bonds. The molecule has 1 rings (SSSR count). The standard InChI is InChI=1S/C17H26N2O2/c1-2-3-12-16(20)18-13-8-5-9-14-19-17(21)15-10-6-4-7-11-15/h4,6-7,10-11H,2-3,5,8-9,12-14H2,1H3,(H,18,20)(H,19,21). The Bertz CT molecular complexity index is 418. The Morgan fingerprint density at radius 1 is 0.905 bits per heavy atom. The zero-order valence-corrected chi connectivity index (χ0v) is 12.9. The van der Waals surface area contributed by atoms with Crippen LogP contribution in [-0.4, -0.2) is 24.9 Å². The first-order valence-electron chi connectivity index (χ1n) is 7.84. The number of carbonyl (C=O) groups is 2. The fourth-order valence-electron chi connectivity index (χ4n) is 1.97. The van der Waals surface area contributed by atoms with Gasteiger partial charge in [0, 0.05) is 25.1 Å². The second kappa shape index (κ2) is 10.9. The Morgan fingerprint density at radius 3 is 2.24 bits per heavy atom. The number of nitrogens with one attached hydrogen (secondary N) is 2. The van der Waals surface area contributed by atoms with E-state index in [0.29, 0.717) is 18.5 Å². The summed E-state index contributed by atoms with van der Waals surface area (Å²) in [5, 5.41) is 5.82. The van der Waals surface area contributed by atoms with E-state index in [0.717, 1.165) is 38.6 Å². The summed E-state index contributed by atoms with van der Waals surface area (Å²) >= 11 is 0. The lowest BCUT2D eigenvalue weighted by atomic mass is 10.2. The Hall–Kier alpha value is -1.84. The lowest BCUT2D eigenvalue weighted by Gasteiger charge is -2.06. The van der Waals surface area contributed by atoms with Crippen molar-refractivity contribution in [3.63, 3.8) is 0 Å². The van der Waals surface area contributed by atoms with Crippen molar-refractivity contribution in [1.29, 1.82) is 0 Å². The molecule has 0 saturated carbocycles. The van der Waals surface area contributed by atoms with E-state index >= 15 is 0 Å². The van der Waals surface area contributed by atoms with Crippen molar-refractivity contribution in [3.05, 3.63) is 35.9 Å². The Morgan fingerprint density at radius 2 is 1.57 bits per heavy atom. The minimum atomic E-state index is -0.0246. The summed E-state index contributed by atoms with van der Waals surface area (Å²) in [5.41, 5.74) is 0.695. The molecular weight excluding hydrogens is 264 g/mol. The van der Waals surface area contributed by atoms with Crippen LogP contribution in [0.3, 0.4) is 0 Å². The zero-order valence-electron chi connectivity index (χ0n) is 12.9. The lowest BCUT2D eigenvalue weighted by molar-refractivity contribution is -0.121. The fraction of sp³-hybridized carbons (Fsp3) is 0.529. The second-order valence-electron chi connectivity index (χ2n) is 5.14. The van der Waals surface area contributed by atoms with Crippen LogP contribution in [-0.2, 0) is 4.79 Å². The van der Waals surface area contributed by atoms with Crippen LogP contribution in [0.25, 0.3) is 0 Å². The number of amides is 2. The molecule has 0 atom stereocenters. The van der Waals surface area contributed by atoms with Crippen molar-refractivity contribution in [3.8, 4) is 0 Å². The summed E-state index contributed by atoms with van der Waals surface area (Å²) in [6, 6.07) is 9.22. The summed E-state index contributed by atoms with van der Waals surface area (Å²) in [7, 11) is 0. The topological polar surface area (TPSA) is 58.2 Å². The average Bonchev–Trinajstić information content (AvgIpc) is 2.52. The molecule has 4 nitrogen and oxygen atoms in total. The normalized spacial score (nSPS) is 10.1. The van der Waals surface area contributed by atoms with Gasteiger partial charge in [-0.25, -0.2) is 0 Å². The van der Waals surface area contributed by atoms with E-state index in [9.17, 15) is 9.59 Å². The third kappa shape index (κ3) is 8.12. The highest BCUT2D eigenvalue weighted by Gasteiger charge is 2.03. The van der Waals surface area contributed by atoms with Gasteiger partial charge < -0.3 is 10.6 Å². The van der Waals surface area contributed by atoms with Crippen LogP contribution in [0.5, 0.6) is 0 Å². The highest BCUT2D eigenvalue weighted by Crippen LogP contribution is 1.99. The second-order valence-corrected chi connectivity index (χ2v) is 5.14. The molecule has 0 spiro atoms. The van der Waals surface area contributed by atoms with E-state index in [4.69, 9.17) is 0 Å². The van der Waals surface area contributed by atoms with E-state index < -0.39 is 0 Å². The maximum absolute atomic E-state index is 11.8. The van der Waals surface area contributed by atoms with E-state index in [1.165, 1.54) is 0 Å². The maximum atomic E-state index is 11.8. The molecule has 0 bridgehead atoms. The molecule has 0 unspecified atom stereocenters. The fourth-order valence-corrected chi connectivity index (χ4v) is 1.97. The molecule has 0 aliphatic heterocycles. The number of rotatable bonds is 10. The first kappa shape index (κ1) is 17.2. The highest BCUT2D eigenvalue weighted by molar-refractivity contribution is 5.94. The summed E-state index contributed by atoms with van der Waals surface area (Å²) in [4.78, 5) is 23.1. The van der Waals surface area contributed by atoms with Gasteiger partial charge in [0.1, 0.15) is 0 Å². The zero-order chi connectivity index (χ0) is 15.3. The number of hydrogen-bond donors (Lipinski definition) is 2. The predicted octanol–water partition coefficient (Wildman–Crippen LogP) is 2.89. The van der Waals surface area contributed by atoms with Crippen molar-refractivity contribution in [1.82, 2.24) is 10.6 Å². The summed E-state index contributed by atoms with van der Waals surface area (Å²) in [6.07, 6.45) is 5.53. The van der Waals surface area contributed by atoms with Gasteiger partial charge in [0.2, 0.25) is 5.91 Å². The van der Waals surface area contributed by atoms with Gasteiger partial charge in [-0.05, 0) is 37.8 Å². The van der Waals surface area contributed by atoms with Crippen LogP contribution < -0.4 is 10.6 Å². The Balaban J connectivity index is 1.98. The number of benzene rings is 1. The first-order chi connectivity index (χ1) is 10.2. The number of hydrogen-bond acceptors (Lipinski definition) is 2. The van der Waals surface area contributed by atoms with Crippen molar-refractivity contribution in [2.24, 2.45) is 0 Å². The molecule has 2 N–H and O–H groups in total. The Kier molecular flexibility index (Phi) is 8.93. The molecule has 0 heterocycles. The van der Waals surface area contributed by atoms with Gasteiger partial charge in [0.05, 0.1) is 0 Å². The summed E-state index contributed by atoms with van der Waals surface area (Å²) < 4.78 is 0.